The number of nitrogens with one attached hydrogen (secondary N) is 1. The molecule has 0 aliphatic carbocycles. The zero-order valence-electron chi connectivity index (χ0n) is 11.6. The van der Waals surface area contributed by atoms with E-state index in [1.165, 1.54) is 18.2 Å². The highest BCUT2D eigenvalue weighted by molar-refractivity contribution is 7.80. The second-order valence-corrected chi connectivity index (χ2v) is 5.19. The normalized spacial score (nSPS) is 10.6. The van der Waals surface area contributed by atoms with Gasteiger partial charge in [0.05, 0.1) is 6.54 Å². The first kappa shape index (κ1) is 15.1. The van der Waals surface area contributed by atoms with Crippen molar-refractivity contribution in [2.75, 3.05) is 0 Å². The van der Waals surface area contributed by atoms with E-state index in [0.717, 1.165) is 4.68 Å². The van der Waals surface area contributed by atoms with Gasteiger partial charge in [-0.1, -0.05) is 12.2 Å². The summed E-state index contributed by atoms with van der Waals surface area (Å²) in [5, 5.41) is 2.46. The van der Waals surface area contributed by atoms with Crippen LogP contribution in [0.3, 0.4) is 0 Å². The molecule has 0 saturated carbocycles. The zero-order chi connectivity index (χ0) is 15.7. The summed E-state index contributed by atoms with van der Waals surface area (Å²) >= 11 is 4.91. The molecule has 3 N–H and O–H groups in total. The molecule has 1 aromatic heterocycles. The molecule has 2 aromatic rings. The van der Waals surface area contributed by atoms with Crippen molar-refractivity contribution in [3.8, 4) is 0 Å². The fourth-order valence-electron chi connectivity index (χ4n) is 2.01. The van der Waals surface area contributed by atoms with E-state index in [1.807, 2.05) is 0 Å². The molecular weight excluding hydrogens is 293 g/mol. The Morgan fingerprint density at radius 2 is 2.00 bits per heavy atom. The highest BCUT2D eigenvalue weighted by atomic mass is 32.1. The number of nitrogens with two attached hydrogens (primary N) is 1. The van der Waals surface area contributed by atoms with Gasteiger partial charge in [-0.2, -0.15) is 0 Å². The minimum Gasteiger partial charge on any atom is -0.389 e. The summed E-state index contributed by atoms with van der Waals surface area (Å²) in [4.78, 5) is 24.0. The van der Waals surface area contributed by atoms with Gasteiger partial charge >= 0.3 is 0 Å². The molecular formula is C14H14FN3O2S. The number of thiocarbonyl (C=S) groups is 1. The number of aromatic nitrogens is 2. The molecule has 0 unspecified atom stereocenters. The Bertz CT molecular complexity index is 839. The molecule has 0 saturated heterocycles. The third-order valence-corrected chi connectivity index (χ3v) is 3.59. The molecule has 7 heteroatoms. The summed E-state index contributed by atoms with van der Waals surface area (Å²) in [6, 6.07) is 3.94. The van der Waals surface area contributed by atoms with Crippen molar-refractivity contribution in [2.24, 2.45) is 5.73 Å². The summed E-state index contributed by atoms with van der Waals surface area (Å²) in [6.07, 6.45) is 0. The van der Waals surface area contributed by atoms with E-state index in [4.69, 9.17) is 18.0 Å². The number of hydrogen-bond acceptors (Lipinski definition) is 3. The van der Waals surface area contributed by atoms with Crippen LogP contribution >= 0.6 is 12.2 Å². The molecule has 21 heavy (non-hydrogen) atoms. The Balaban J connectivity index is 2.58. The van der Waals surface area contributed by atoms with Gasteiger partial charge in [0.15, 0.2) is 0 Å². The van der Waals surface area contributed by atoms with Gasteiger partial charge in [0.1, 0.15) is 10.8 Å². The topological polar surface area (TPSA) is 80.9 Å². The maximum Gasteiger partial charge on any atom is 0.268 e. The van der Waals surface area contributed by atoms with Crippen LogP contribution in [0.4, 0.5) is 4.39 Å². The average molecular weight is 307 g/mol. The lowest BCUT2D eigenvalue weighted by Gasteiger charge is -2.11. The Morgan fingerprint density at radius 1 is 1.33 bits per heavy atom. The van der Waals surface area contributed by atoms with Gasteiger partial charge < -0.3 is 5.73 Å². The predicted molar refractivity (Wildman–Crippen MR) is 82.2 cm³/mol. The summed E-state index contributed by atoms with van der Waals surface area (Å²) in [6.45, 7) is 3.13. The van der Waals surface area contributed by atoms with Crippen molar-refractivity contribution < 1.29 is 4.39 Å². The summed E-state index contributed by atoms with van der Waals surface area (Å²) in [5.74, 6) is -0.468. The van der Waals surface area contributed by atoms with Gasteiger partial charge in [-0.3, -0.25) is 14.7 Å². The van der Waals surface area contributed by atoms with Crippen LogP contribution in [-0.2, 0) is 6.54 Å². The maximum absolute atomic E-state index is 13.4. The minimum atomic E-state index is -0.468. The number of aromatic amines is 1. The van der Waals surface area contributed by atoms with Gasteiger partial charge in [0.25, 0.3) is 11.1 Å². The number of benzene rings is 1. The van der Waals surface area contributed by atoms with Crippen LogP contribution in [0.15, 0.2) is 27.8 Å². The predicted octanol–water partition coefficient (Wildman–Crippen LogP) is 0.975. The maximum atomic E-state index is 13.4. The van der Waals surface area contributed by atoms with Gasteiger partial charge in [-0.25, -0.2) is 9.07 Å². The van der Waals surface area contributed by atoms with Crippen molar-refractivity contribution >= 4 is 17.2 Å². The van der Waals surface area contributed by atoms with Gasteiger partial charge in [0.2, 0.25) is 0 Å². The van der Waals surface area contributed by atoms with E-state index in [-0.39, 0.29) is 22.7 Å². The molecule has 0 spiro atoms. The molecule has 0 bridgehead atoms. The molecule has 0 aliphatic heterocycles. The van der Waals surface area contributed by atoms with Crippen LogP contribution in [0.1, 0.15) is 22.3 Å². The van der Waals surface area contributed by atoms with E-state index in [2.05, 4.69) is 5.10 Å². The average Bonchev–Trinajstić information content (AvgIpc) is 2.42. The molecule has 0 aliphatic rings. The lowest BCUT2D eigenvalue weighted by molar-refractivity contribution is 0.601. The molecule has 5 nitrogen and oxygen atoms in total. The monoisotopic (exact) mass is 307 g/mol. The van der Waals surface area contributed by atoms with Gasteiger partial charge in [0, 0.05) is 16.7 Å². The molecule has 0 amide bonds. The second kappa shape index (κ2) is 5.61. The van der Waals surface area contributed by atoms with Crippen LogP contribution in [0, 0.1) is 19.7 Å². The fourth-order valence-corrected chi connectivity index (χ4v) is 2.20. The molecule has 0 atom stereocenters. The van der Waals surface area contributed by atoms with E-state index in [1.54, 1.807) is 13.8 Å². The van der Waals surface area contributed by atoms with Crippen LogP contribution < -0.4 is 16.9 Å². The summed E-state index contributed by atoms with van der Waals surface area (Å²) in [5.41, 5.74) is 6.51. The largest absolute Gasteiger partial charge is 0.389 e. The molecule has 110 valence electrons. The Labute approximate surface area is 125 Å². The molecule has 1 aromatic carbocycles. The first-order valence-electron chi connectivity index (χ1n) is 6.20. The highest BCUT2D eigenvalue weighted by Crippen LogP contribution is 2.12. The van der Waals surface area contributed by atoms with E-state index >= 15 is 0 Å². The van der Waals surface area contributed by atoms with E-state index < -0.39 is 5.82 Å². The summed E-state index contributed by atoms with van der Waals surface area (Å²) < 4.78 is 14.5. The lowest BCUT2D eigenvalue weighted by atomic mass is 10.1. The Kier molecular flexibility index (Phi) is 4.04. The van der Waals surface area contributed by atoms with Crippen molar-refractivity contribution in [3.63, 3.8) is 0 Å². The van der Waals surface area contributed by atoms with Gasteiger partial charge in [-0.15, -0.1) is 0 Å². The SMILES string of the molecule is Cc1c(C)c(=O)n(Cc2cc(F)ccc2C(N)=S)[nH]c1=O. The van der Waals surface area contributed by atoms with E-state index in [9.17, 15) is 14.0 Å². The number of nitrogens with zero attached hydrogens (tertiary/aromatic N) is 1. The molecule has 1 heterocycles. The highest BCUT2D eigenvalue weighted by Gasteiger charge is 2.11. The first-order valence-corrected chi connectivity index (χ1v) is 6.60. The van der Waals surface area contributed by atoms with E-state index in [0.29, 0.717) is 22.3 Å². The number of rotatable bonds is 3. The smallest absolute Gasteiger partial charge is 0.268 e. The minimum absolute atomic E-state index is 0.0143. The van der Waals surface area contributed by atoms with Crippen LogP contribution in [0.25, 0.3) is 0 Å². The number of halogens is 1. The fraction of sp³-hybridized carbons (Fsp3) is 0.214. The van der Waals surface area contributed by atoms with Crippen LogP contribution in [0.5, 0.6) is 0 Å². The Morgan fingerprint density at radius 3 is 2.62 bits per heavy atom. The third-order valence-electron chi connectivity index (χ3n) is 3.37. The Hall–Kier alpha value is -2.28. The van der Waals surface area contributed by atoms with Crippen molar-refractivity contribution in [2.45, 2.75) is 20.4 Å². The van der Waals surface area contributed by atoms with Crippen LogP contribution in [0.2, 0.25) is 0 Å². The first-order chi connectivity index (χ1) is 9.81. The van der Waals surface area contributed by atoms with Crippen molar-refractivity contribution in [1.82, 2.24) is 9.78 Å². The van der Waals surface area contributed by atoms with Crippen molar-refractivity contribution in [3.05, 3.63) is 67.0 Å². The molecule has 0 radical (unpaired) electrons. The van der Waals surface area contributed by atoms with Crippen molar-refractivity contribution in [1.29, 1.82) is 0 Å². The molecule has 0 fully saturated rings. The second-order valence-electron chi connectivity index (χ2n) is 4.75. The third kappa shape index (κ3) is 2.92. The molecule has 2 rings (SSSR count). The number of hydrogen-bond donors (Lipinski definition) is 2. The quantitative estimate of drug-likeness (QED) is 0.828. The van der Waals surface area contributed by atoms with Gasteiger partial charge in [-0.05, 0) is 37.6 Å². The zero-order valence-corrected chi connectivity index (χ0v) is 12.4. The van der Waals surface area contributed by atoms with Crippen LogP contribution in [-0.4, -0.2) is 14.8 Å². The lowest BCUT2D eigenvalue weighted by Crippen LogP contribution is -2.34. The standard InChI is InChI=1S/C14H14FN3O2S/c1-7-8(2)14(20)18(17-13(7)19)6-9-5-10(15)3-4-11(9)12(16)21/h3-5H,6H2,1-2H3,(H2,16,21)(H,17,19). The number of H-pyrrole nitrogens is 1. The summed E-state index contributed by atoms with van der Waals surface area (Å²) in [7, 11) is 0.